The first-order valence-electron chi connectivity index (χ1n) is 12.0. The number of methoxy groups -OCH3 is 1. The molecule has 3 heterocycles. The Kier molecular flexibility index (Phi) is 7.43. The Bertz CT molecular complexity index is 1330. The average molecular weight is 547 g/mol. The molecule has 1 aromatic heterocycles. The number of piperidine rings is 1. The smallest absolute Gasteiger partial charge is 0.243 e. The summed E-state index contributed by atoms with van der Waals surface area (Å²) >= 11 is 3.22. The molecule has 2 aliphatic heterocycles. The molecule has 0 bridgehead atoms. The lowest BCUT2D eigenvalue weighted by Gasteiger charge is -2.38. The molecule has 11 heteroatoms. The highest BCUT2D eigenvalue weighted by molar-refractivity contribution is 7.98. The normalized spacial score (nSPS) is 18.1. The van der Waals surface area contributed by atoms with E-state index < -0.39 is 10.0 Å². The quantitative estimate of drug-likeness (QED) is 0.435. The van der Waals surface area contributed by atoms with Crippen LogP contribution in [0.15, 0.2) is 52.3 Å². The topological polar surface area (TPSA) is 83.1 Å². The minimum atomic E-state index is -3.54. The van der Waals surface area contributed by atoms with Crippen molar-refractivity contribution in [3.8, 4) is 5.75 Å². The van der Waals surface area contributed by atoms with E-state index in [1.54, 1.807) is 42.3 Å². The van der Waals surface area contributed by atoms with E-state index >= 15 is 0 Å². The van der Waals surface area contributed by atoms with Crippen molar-refractivity contribution in [2.24, 2.45) is 5.92 Å². The van der Waals surface area contributed by atoms with Gasteiger partial charge in [-0.1, -0.05) is 11.3 Å². The number of amides is 1. The highest BCUT2D eigenvalue weighted by atomic mass is 32.2. The first kappa shape index (κ1) is 25.3. The van der Waals surface area contributed by atoms with Gasteiger partial charge in [0, 0.05) is 50.1 Å². The fourth-order valence-electron chi connectivity index (χ4n) is 4.77. The molecule has 2 fully saturated rings. The standard InChI is InChI=1S/C25H30N4O4S3/c1-33-19-3-8-22-23(17-19)35-25(26-22)28-15-13-27(14-16-28)24(30)18-9-11-29(12-10-18)36(31,32)21-6-4-20(34-2)5-7-21/h3-8,17-18H,9-16H2,1-2H3. The fraction of sp³-hybridized carbons (Fsp3) is 0.440. The van der Waals surface area contributed by atoms with E-state index in [9.17, 15) is 13.2 Å². The predicted octanol–water partition coefficient (Wildman–Crippen LogP) is 3.78. The Morgan fingerprint density at radius 1 is 1.03 bits per heavy atom. The van der Waals surface area contributed by atoms with Crippen molar-refractivity contribution in [2.75, 3.05) is 57.5 Å². The molecule has 0 spiro atoms. The summed E-state index contributed by atoms with van der Waals surface area (Å²) < 4.78 is 34.0. The lowest BCUT2D eigenvalue weighted by atomic mass is 9.96. The molecule has 1 amide bonds. The van der Waals surface area contributed by atoms with Crippen molar-refractivity contribution >= 4 is 54.4 Å². The van der Waals surface area contributed by atoms with Crippen molar-refractivity contribution in [3.05, 3.63) is 42.5 Å². The third-order valence-electron chi connectivity index (χ3n) is 6.95. The van der Waals surface area contributed by atoms with Gasteiger partial charge in [-0.25, -0.2) is 13.4 Å². The number of ether oxygens (including phenoxy) is 1. The predicted molar refractivity (Wildman–Crippen MR) is 145 cm³/mol. The van der Waals surface area contributed by atoms with Crippen LogP contribution in [0.2, 0.25) is 0 Å². The van der Waals surface area contributed by atoms with Crippen LogP contribution < -0.4 is 9.64 Å². The summed E-state index contributed by atoms with van der Waals surface area (Å²) in [6.07, 6.45) is 3.07. The van der Waals surface area contributed by atoms with Gasteiger partial charge in [-0.2, -0.15) is 4.31 Å². The lowest BCUT2D eigenvalue weighted by molar-refractivity contribution is -0.137. The number of hydrogen-bond donors (Lipinski definition) is 0. The van der Waals surface area contributed by atoms with E-state index in [0.717, 1.165) is 39.1 Å². The summed E-state index contributed by atoms with van der Waals surface area (Å²) in [5.74, 6) is 0.835. The zero-order valence-corrected chi connectivity index (χ0v) is 22.9. The van der Waals surface area contributed by atoms with Crippen molar-refractivity contribution < 1.29 is 17.9 Å². The highest BCUT2D eigenvalue weighted by Gasteiger charge is 2.35. The maximum atomic E-state index is 13.2. The number of hydrogen-bond acceptors (Lipinski definition) is 8. The Balaban J connectivity index is 1.15. The van der Waals surface area contributed by atoms with Gasteiger partial charge in [0.2, 0.25) is 15.9 Å². The average Bonchev–Trinajstić information content (AvgIpc) is 3.36. The number of carbonyl (C=O) groups excluding carboxylic acids is 1. The molecule has 2 aromatic carbocycles. The molecule has 36 heavy (non-hydrogen) atoms. The zero-order chi connectivity index (χ0) is 25.3. The molecular formula is C25H30N4O4S3. The van der Waals surface area contributed by atoms with Crippen molar-refractivity contribution in [1.29, 1.82) is 0 Å². The molecule has 3 aromatic rings. The fourth-order valence-corrected chi connectivity index (χ4v) is 7.69. The van der Waals surface area contributed by atoms with Crippen LogP contribution in [0.25, 0.3) is 10.2 Å². The summed E-state index contributed by atoms with van der Waals surface area (Å²) in [5.41, 5.74) is 0.955. The SMILES string of the molecule is COc1ccc2nc(N3CCN(C(=O)C4CCN(S(=O)(=O)c5ccc(SC)cc5)CC4)CC3)sc2c1. The van der Waals surface area contributed by atoms with Gasteiger partial charge in [0.25, 0.3) is 0 Å². The van der Waals surface area contributed by atoms with Crippen LogP contribution in [0.1, 0.15) is 12.8 Å². The monoisotopic (exact) mass is 546 g/mol. The summed E-state index contributed by atoms with van der Waals surface area (Å²) in [7, 11) is -1.88. The van der Waals surface area contributed by atoms with Crippen LogP contribution in [0, 0.1) is 5.92 Å². The van der Waals surface area contributed by atoms with Crippen LogP contribution in [0.5, 0.6) is 5.75 Å². The molecule has 0 radical (unpaired) electrons. The second kappa shape index (κ2) is 10.6. The van der Waals surface area contributed by atoms with Gasteiger partial charge in [0.15, 0.2) is 5.13 Å². The van der Waals surface area contributed by atoms with E-state index in [-0.39, 0.29) is 11.8 Å². The van der Waals surface area contributed by atoms with Crippen LogP contribution in [-0.2, 0) is 14.8 Å². The number of anilines is 1. The molecule has 2 saturated heterocycles. The molecule has 0 saturated carbocycles. The van der Waals surface area contributed by atoms with E-state index in [1.165, 1.54) is 4.31 Å². The number of sulfonamides is 1. The maximum absolute atomic E-state index is 13.2. The van der Waals surface area contributed by atoms with Gasteiger partial charge in [-0.05, 0) is 61.6 Å². The Morgan fingerprint density at radius 2 is 1.72 bits per heavy atom. The van der Waals surface area contributed by atoms with Crippen LogP contribution >= 0.6 is 23.1 Å². The number of piperazine rings is 1. The molecule has 5 rings (SSSR count). The third kappa shape index (κ3) is 5.06. The number of rotatable bonds is 6. The van der Waals surface area contributed by atoms with Crippen molar-refractivity contribution in [2.45, 2.75) is 22.6 Å². The van der Waals surface area contributed by atoms with E-state index in [1.807, 2.05) is 41.5 Å². The molecule has 2 aliphatic rings. The minimum absolute atomic E-state index is 0.128. The maximum Gasteiger partial charge on any atom is 0.243 e. The van der Waals surface area contributed by atoms with E-state index in [0.29, 0.717) is 43.9 Å². The molecule has 0 N–H and O–H groups in total. The number of benzene rings is 2. The number of thioether (sulfide) groups is 1. The number of thiazole rings is 1. The number of carbonyl (C=O) groups is 1. The van der Waals surface area contributed by atoms with Gasteiger partial charge in [-0.15, -0.1) is 11.8 Å². The first-order valence-corrected chi connectivity index (χ1v) is 15.5. The van der Waals surface area contributed by atoms with Gasteiger partial charge in [-0.3, -0.25) is 4.79 Å². The van der Waals surface area contributed by atoms with E-state index in [4.69, 9.17) is 9.72 Å². The Morgan fingerprint density at radius 3 is 2.36 bits per heavy atom. The second-order valence-electron chi connectivity index (χ2n) is 9.00. The zero-order valence-electron chi connectivity index (χ0n) is 20.4. The van der Waals surface area contributed by atoms with Crippen LogP contribution in [0.3, 0.4) is 0 Å². The second-order valence-corrected chi connectivity index (χ2v) is 12.8. The van der Waals surface area contributed by atoms with Gasteiger partial charge >= 0.3 is 0 Å². The number of nitrogens with zero attached hydrogens (tertiary/aromatic N) is 4. The third-order valence-corrected chi connectivity index (χ3v) is 10.7. The molecule has 0 atom stereocenters. The Labute approximate surface area is 220 Å². The van der Waals surface area contributed by atoms with Gasteiger partial charge < -0.3 is 14.5 Å². The summed E-state index contributed by atoms with van der Waals surface area (Å²) in [6, 6.07) is 12.9. The Hall–Kier alpha value is -2.34. The summed E-state index contributed by atoms with van der Waals surface area (Å²) in [4.78, 5) is 23.5. The largest absolute Gasteiger partial charge is 0.497 e. The molecular weight excluding hydrogens is 517 g/mol. The highest BCUT2D eigenvalue weighted by Crippen LogP contribution is 2.32. The minimum Gasteiger partial charge on any atom is -0.497 e. The molecule has 192 valence electrons. The number of aromatic nitrogens is 1. The molecule has 0 unspecified atom stereocenters. The molecule has 0 aliphatic carbocycles. The van der Waals surface area contributed by atoms with Crippen molar-refractivity contribution in [3.63, 3.8) is 0 Å². The van der Waals surface area contributed by atoms with Gasteiger partial charge in [0.05, 0.1) is 22.2 Å². The number of fused-ring (bicyclic) bond motifs is 1. The van der Waals surface area contributed by atoms with E-state index in [2.05, 4.69) is 4.90 Å². The summed E-state index contributed by atoms with van der Waals surface area (Å²) in [6.45, 7) is 3.52. The van der Waals surface area contributed by atoms with Crippen LogP contribution in [0.4, 0.5) is 5.13 Å². The van der Waals surface area contributed by atoms with Crippen LogP contribution in [-0.4, -0.2) is 81.1 Å². The summed E-state index contributed by atoms with van der Waals surface area (Å²) in [5, 5.41) is 0.967. The first-order chi connectivity index (χ1) is 17.4. The lowest BCUT2D eigenvalue weighted by Crippen LogP contribution is -2.52. The molecule has 8 nitrogen and oxygen atoms in total. The van der Waals surface area contributed by atoms with Crippen molar-refractivity contribution in [1.82, 2.24) is 14.2 Å². The van der Waals surface area contributed by atoms with Gasteiger partial charge in [0.1, 0.15) is 5.75 Å².